The summed E-state index contributed by atoms with van der Waals surface area (Å²) in [6.07, 6.45) is 4.45. The van der Waals surface area contributed by atoms with E-state index in [4.69, 9.17) is 4.98 Å². The number of pyridine rings is 1. The molecule has 0 radical (unpaired) electrons. The largest absolute Gasteiger partial charge is 0.324 e. The lowest BCUT2D eigenvalue weighted by Crippen LogP contribution is -2.24. The summed E-state index contributed by atoms with van der Waals surface area (Å²) in [5.74, 6) is 0.455. The number of aromatic nitrogens is 5. The van der Waals surface area contributed by atoms with E-state index in [1.165, 1.54) is 11.1 Å². The van der Waals surface area contributed by atoms with Crippen LogP contribution in [-0.4, -0.2) is 30.9 Å². The Morgan fingerprint density at radius 3 is 2.56 bits per heavy atom. The van der Waals surface area contributed by atoms with Gasteiger partial charge in [0.15, 0.2) is 5.65 Å². The molecule has 1 aliphatic heterocycles. The molecule has 0 unspecified atom stereocenters. The van der Waals surface area contributed by atoms with Crippen molar-refractivity contribution < 1.29 is 0 Å². The molecule has 5 rings (SSSR count). The van der Waals surface area contributed by atoms with Crippen molar-refractivity contribution in [2.75, 3.05) is 11.9 Å². The fraction of sp³-hybridized carbons (Fsp3) is 0.385. The van der Waals surface area contributed by atoms with E-state index in [0.29, 0.717) is 17.0 Å². The molecule has 0 saturated carbocycles. The van der Waals surface area contributed by atoms with Crippen LogP contribution in [0.25, 0.3) is 16.7 Å². The molecule has 0 aliphatic carbocycles. The van der Waals surface area contributed by atoms with Gasteiger partial charge in [-0.3, -0.25) is 9.78 Å². The summed E-state index contributed by atoms with van der Waals surface area (Å²) in [5, 5.41) is 7.23. The van der Waals surface area contributed by atoms with Gasteiger partial charge in [-0.25, -0.2) is 14.3 Å². The number of rotatable bonds is 4. The summed E-state index contributed by atoms with van der Waals surface area (Å²) in [6.45, 7) is 12.2. The van der Waals surface area contributed by atoms with Crippen LogP contribution in [0.5, 0.6) is 0 Å². The Labute approximate surface area is 223 Å². The van der Waals surface area contributed by atoms with E-state index in [1.807, 2.05) is 30.7 Å². The van der Waals surface area contributed by atoms with Crippen LogP contribution >= 0.6 is 24.8 Å². The Bertz CT molecular complexity index is 1440. The van der Waals surface area contributed by atoms with Crippen molar-refractivity contribution in [2.45, 2.75) is 59.0 Å². The van der Waals surface area contributed by atoms with E-state index in [9.17, 15) is 4.79 Å². The topological polar surface area (TPSA) is 89.7 Å². The summed E-state index contributed by atoms with van der Waals surface area (Å²) in [6, 6.07) is 10.2. The highest BCUT2D eigenvalue weighted by Gasteiger charge is 2.22. The van der Waals surface area contributed by atoms with Crippen molar-refractivity contribution in [1.82, 2.24) is 29.6 Å². The van der Waals surface area contributed by atoms with Crippen molar-refractivity contribution >= 4 is 47.5 Å². The van der Waals surface area contributed by atoms with Gasteiger partial charge in [-0.1, -0.05) is 26.8 Å². The third kappa shape index (κ3) is 5.12. The first-order valence-electron chi connectivity index (χ1n) is 11.8. The minimum atomic E-state index is -0.120. The van der Waals surface area contributed by atoms with Crippen LogP contribution in [0.4, 0.5) is 11.6 Å². The lowest BCUT2D eigenvalue weighted by molar-refractivity contribution is 0.474. The monoisotopic (exact) mass is 529 g/mol. The maximum Gasteiger partial charge on any atom is 0.278 e. The molecule has 8 nitrogen and oxygen atoms in total. The number of benzene rings is 1. The van der Waals surface area contributed by atoms with Gasteiger partial charge in [0.1, 0.15) is 5.39 Å². The molecule has 0 spiro atoms. The Morgan fingerprint density at radius 2 is 1.83 bits per heavy atom. The van der Waals surface area contributed by atoms with Crippen LogP contribution < -0.4 is 16.2 Å². The zero-order valence-electron chi connectivity index (χ0n) is 21.2. The van der Waals surface area contributed by atoms with Crippen LogP contribution in [0, 0.1) is 0 Å². The number of hydrogen-bond donors (Lipinski definition) is 2. The normalized spacial score (nSPS) is 13.2. The van der Waals surface area contributed by atoms with Gasteiger partial charge >= 0.3 is 0 Å². The van der Waals surface area contributed by atoms with E-state index in [0.717, 1.165) is 36.6 Å². The van der Waals surface area contributed by atoms with Crippen molar-refractivity contribution in [1.29, 1.82) is 0 Å². The maximum atomic E-state index is 13.3. The highest BCUT2D eigenvalue weighted by Crippen LogP contribution is 2.26. The number of halogens is 2. The van der Waals surface area contributed by atoms with Gasteiger partial charge in [-0.05, 0) is 62.2 Å². The fourth-order valence-electron chi connectivity index (χ4n) is 4.42. The predicted molar refractivity (Wildman–Crippen MR) is 150 cm³/mol. The maximum absolute atomic E-state index is 13.3. The Balaban J connectivity index is 0.00000180. The number of hydrogen-bond acceptors (Lipinski definition) is 6. The molecule has 2 N–H and O–H groups in total. The van der Waals surface area contributed by atoms with Crippen molar-refractivity contribution in [3.63, 3.8) is 0 Å². The van der Waals surface area contributed by atoms with E-state index >= 15 is 0 Å². The molecule has 3 aromatic heterocycles. The molecule has 0 bridgehead atoms. The van der Waals surface area contributed by atoms with Gasteiger partial charge in [-0.15, -0.1) is 24.8 Å². The minimum absolute atomic E-state index is 0. The second-order valence-electron chi connectivity index (χ2n) is 10.2. The highest BCUT2D eigenvalue weighted by molar-refractivity contribution is 5.85. The molecular weight excluding hydrogens is 497 g/mol. The van der Waals surface area contributed by atoms with Crippen LogP contribution in [-0.2, 0) is 18.4 Å². The summed E-state index contributed by atoms with van der Waals surface area (Å²) in [5.41, 5.74) is 5.73. The van der Waals surface area contributed by atoms with Crippen LogP contribution in [0.3, 0.4) is 0 Å². The van der Waals surface area contributed by atoms with E-state index < -0.39 is 0 Å². The van der Waals surface area contributed by atoms with Gasteiger partial charge < -0.3 is 10.6 Å². The minimum Gasteiger partial charge on any atom is -0.324 e. The lowest BCUT2D eigenvalue weighted by Gasteiger charge is -2.20. The Morgan fingerprint density at radius 1 is 1.06 bits per heavy atom. The summed E-state index contributed by atoms with van der Waals surface area (Å²) >= 11 is 0. The molecule has 1 aromatic carbocycles. The number of anilines is 2. The first-order chi connectivity index (χ1) is 16.2. The molecule has 36 heavy (non-hydrogen) atoms. The second-order valence-corrected chi connectivity index (χ2v) is 10.2. The standard InChI is InChI=1S/C26H31N7O.2ClH/c1-16(2)32-24(34)21-15-29-25(30-19-7-6-17-8-10-27-14-18(17)12-19)31-23(21)33(32)20-9-11-28-22(13-20)26(3,4)5;;/h6-7,9,11-13,15-16,27H,8,10,14H2,1-5H3,(H,29,30,31);2*1H. The van der Waals surface area contributed by atoms with Crippen molar-refractivity contribution in [3.8, 4) is 5.69 Å². The quantitative estimate of drug-likeness (QED) is 0.382. The van der Waals surface area contributed by atoms with Crippen LogP contribution in [0.15, 0.2) is 47.5 Å². The zero-order valence-corrected chi connectivity index (χ0v) is 22.8. The summed E-state index contributed by atoms with van der Waals surface area (Å²) in [4.78, 5) is 27.1. The zero-order chi connectivity index (χ0) is 24.0. The fourth-order valence-corrected chi connectivity index (χ4v) is 4.42. The Hall–Kier alpha value is -2.94. The van der Waals surface area contributed by atoms with Crippen molar-refractivity contribution in [2.24, 2.45) is 0 Å². The average molecular weight is 531 g/mol. The summed E-state index contributed by atoms with van der Waals surface area (Å²) < 4.78 is 3.62. The SMILES string of the molecule is CC(C)n1c(=O)c2cnc(Nc3ccc4c(c3)CNCC4)nc2n1-c1ccnc(C(C)(C)C)c1.Cl.Cl. The van der Waals surface area contributed by atoms with Gasteiger partial charge in [0, 0.05) is 41.8 Å². The van der Waals surface area contributed by atoms with E-state index in [-0.39, 0.29) is 41.8 Å². The molecule has 0 atom stereocenters. The molecule has 0 fully saturated rings. The van der Waals surface area contributed by atoms with Gasteiger partial charge in [0.25, 0.3) is 5.56 Å². The second kappa shape index (κ2) is 10.6. The molecule has 4 aromatic rings. The first-order valence-corrected chi connectivity index (χ1v) is 11.8. The first kappa shape index (κ1) is 27.6. The number of nitrogens with zero attached hydrogens (tertiary/aromatic N) is 5. The molecule has 0 saturated heterocycles. The van der Waals surface area contributed by atoms with Crippen molar-refractivity contribution in [3.05, 3.63) is 69.9 Å². The Kier molecular flexibility index (Phi) is 8.13. The molecule has 0 amide bonds. The third-order valence-corrected chi connectivity index (χ3v) is 6.22. The number of nitrogens with one attached hydrogen (secondary N) is 2. The third-order valence-electron chi connectivity index (χ3n) is 6.22. The van der Waals surface area contributed by atoms with E-state index in [1.54, 1.807) is 17.1 Å². The van der Waals surface area contributed by atoms with Gasteiger partial charge in [0.05, 0.1) is 5.69 Å². The molecule has 4 heterocycles. The smallest absolute Gasteiger partial charge is 0.278 e. The molecular formula is C26H33Cl2N7O. The van der Waals surface area contributed by atoms with Crippen LogP contribution in [0.2, 0.25) is 0 Å². The number of fused-ring (bicyclic) bond motifs is 2. The predicted octanol–water partition coefficient (Wildman–Crippen LogP) is 5.09. The average Bonchev–Trinajstić information content (AvgIpc) is 3.10. The van der Waals surface area contributed by atoms with Crippen LogP contribution in [0.1, 0.15) is 57.5 Å². The lowest BCUT2D eigenvalue weighted by atomic mass is 9.91. The van der Waals surface area contributed by atoms with Gasteiger partial charge in [-0.2, -0.15) is 4.98 Å². The molecule has 1 aliphatic rings. The molecule has 10 heteroatoms. The molecule has 192 valence electrons. The van der Waals surface area contributed by atoms with Gasteiger partial charge in [0.2, 0.25) is 5.95 Å². The summed E-state index contributed by atoms with van der Waals surface area (Å²) in [7, 11) is 0. The van der Waals surface area contributed by atoms with E-state index in [2.05, 4.69) is 59.6 Å². The highest BCUT2D eigenvalue weighted by atomic mass is 35.5.